The van der Waals surface area contributed by atoms with Crippen molar-refractivity contribution in [1.82, 2.24) is 10.2 Å². The average Bonchev–Trinajstić information content (AvgIpc) is 3.21. The number of anilines is 1. The summed E-state index contributed by atoms with van der Waals surface area (Å²) in [7, 11) is 0. The van der Waals surface area contributed by atoms with E-state index < -0.39 is 11.8 Å². The molecule has 0 aliphatic carbocycles. The number of carbonyl (C=O) groups excluding carboxylic acids is 2. The molecule has 1 atom stereocenters. The van der Waals surface area contributed by atoms with Crippen LogP contribution in [0.3, 0.4) is 0 Å². The number of amides is 2. The molecule has 2 fully saturated rings. The number of piperidine rings is 1. The van der Waals surface area contributed by atoms with Crippen LogP contribution in [0.25, 0.3) is 0 Å². The van der Waals surface area contributed by atoms with E-state index in [4.69, 9.17) is 4.74 Å². The van der Waals surface area contributed by atoms with E-state index in [1.165, 1.54) is 0 Å². The second kappa shape index (κ2) is 9.39. The summed E-state index contributed by atoms with van der Waals surface area (Å²) in [5.41, 5.74) is 0.643. The maximum Gasteiger partial charge on any atom is 0.313 e. The molecule has 1 aromatic rings. The summed E-state index contributed by atoms with van der Waals surface area (Å²) in [5, 5.41) is 5.45. The molecule has 2 aliphatic heterocycles. The van der Waals surface area contributed by atoms with Gasteiger partial charge >= 0.3 is 11.8 Å². The predicted octanol–water partition coefficient (Wildman–Crippen LogP) is 1.96. The van der Waals surface area contributed by atoms with Crippen molar-refractivity contribution in [1.29, 1.82) is 0 Å². The molecule has 0 saturated carbocycles. The van der Waals surface area contributed by atoms with Crippen LogP contribution >= 0.6 is 11.8 Å². The summed E-state index contributed by atoms with van der Waals surface area (Å²) in [6.07, 6.45) is 5.19. The van der Waals surface area contributed by atoms with Crippen molar-refractivity contribution in [2.24, 2.45) is 5.92 Å². The molecule has 7 heteroatoms. The van der Waals surface area contributed by atoms with Crippen LogP contribution in [-0.2, 0) is 14.3 Å². The highest BCUT2D eigenvalue weighted by Gasteiger charge is 2.28. The summed E-state index contributed by atoms with van der Waals surface area (Å²) < 4.78 is 5.46. The Labute approximate surface area is 159 Å². The Balaban J connectivity index is 1.39. The van der Waals surface area contributed by atoms with E-state index in [2.05, 4.69) is 15.5 Å². The highest BCUT2D eigenvalue weighted by atomic mass is 32.2. The van der Waals surface area contributed by atoms with E-state index in [1.807, 2.05) is 24.5 Å². The molecule has 2 N–H and O–H groups in total. The number of likely N-dealkylation sites (tertiary alicyclic amines) is 1. The Morgan fingerprint density at radius 2 is 2.04 bits per heavy atom. The molecule has 0 radical (unpaired) electrons. The van der Waals surface area contributed by atoms with Crippen LogP contribution in [0.4, 0.5) is 5.69 Å². The average molecular weight is 378 g/mol. The number of nitrogens with zero attached hydrogens (tertiary/aromatic N) is 1. The number of carbonyl (C=O) groups is 2. The molecule has 2 saturated heterocycles. The van der Waals surface area contributed by atoms with Gasteiger partial charge in [-0.05, 0) is 62.7 Å². The lowest BCUT2D eigenvalue weighted by molar-refractivity contribution is -0.136. The molecular formula is C19H27N3O3S. The Morgan fingerprint density at radius 1 is 1.23 bits per heavy atom. The van der Waals surface area contributed by atoms with Crippen molar-refractivity contribution in [3.05, 3.63) is 24.3 Å². The zero-order chi connectivity index (χ0) is 18.4. The van der Waals surface area contributed by atoms with E-state index >= 15 is 0 Å². The van der Waals surface area contributed by atoms with Gasteiger partial charge in [-0.25, -0.2) is 0 Å². The van der Waals surface area contributed by atoms with Gasteiger partial charge in [0.1, 0.15) is 0 Å². The standard InChI is InChI=1S/C19H27N3O3S/c1-26-17-4-2-3-15(11-17)21-19(24)18(23)20-12-14-5-8-22(9-6-14)16-7-10-25-13-16/h2-4,11,14,16H,5-10,12-13H2,1H3,(H,20,23)(H,21,24)/t16-/m0/s1. The minimum absolute atomic E-state index is 0.435. The van der Waals surface area contributed by atoms with E-state index in [0.29, 0.717) is 24.2 Å². The second-order valence-corrected chi connectivity index (χ2v) is 7.77. The van der Waals surface area contributed by atoms with E-state index in [0.717, 1.165) is 50.5 Å². The molecule has 0 aromatic heterocycles. The zero-order valence-corrected chi connectivity index (χ0v) is 16.0. The number of hydrogen-bond acceptors (Lipinski definition) is 5. The molecule has 2 amide bonds. The fraction of sp³-hybridized carbons (Fsp3) is 0.579. The minimum atomic E-state index is -0.608. The number of ether oxygens (including phenoxy) is 1. The molecule has 142 valence electrons. The Morgan fingerprint density at radius 3 is 2.73 bits per heavy atom. The van der Waals surface area contributed by atoms with Crippen LogP contribution in [-0.4, -0.2) is 61.9 Å². The lowest BCUT2D eigenvalue weighted by Gasteiger charge is -2.35. The van der Waals surface area contributed by atoms with Gasteiger partial charge in [-0.1, -0.05) is 6.07 Å². The molecule has 0 spiro atoms. The zero-order valence-electron chi connectivity index (χ0n) is 15.2. The highest BCUT2D eigenvalue weighted by Crippen LogP contribution is 2.22. The molecule has 3 rings (SSSR count). The van der Waals surface area contributed by atoms with Gasteiger partial charge in [-0.15, -0.1) is 11.8 Å². The van der Waals surface area contributed by atoms with Crippen LogP contribution in [0, 0.1) is 5.92 Å². The molecular weight excluding hydrogens is 350 g/mol. The molecule has 1 aromatic carbocycles. The lowest BCUT2D eigenvalue weighted by atomic mass is 9.95. The van der Waals surface area contributed by atoms with Gasteiger partial charge in [0.15, 0.2) is 0 Å². The molecule has 6 nitrogen and oxygen atoms in total. The Bertz CT molecular complexity index is 626. The summed E-state index contributed by atoms with van der Waals surface area (Å²) in [5.74, 6) is -0.736. The Kier molecular flexibility index (Phi) is 6.93. The van der Waals surface area contributed by atoms with Gasteiger partial charge in [0.2, 0.25) is 0 Å². The van der Waals surface area contributed by atoms with Crippen molar-refractivity contribution in [2.75, 3.05) is 44.4 Å². The number of hydrogen-bond donors (Lipinski definition) is 2. The molecule has 0 unspecified atom stereocenters. The third-order valence-corrected chi connectivity index (χ3v) is 5.88. The molecule has 2 aliphatic rings. The highest BCUT2D eigenvalue weighted by molar-refractivity contribution is 7.98. The molecule has 2 heterocycles. The third-order valence-electron chi connectivity index (χ3n) is 5.16. The maximum absolute atomic E-state index is 12.1. The van der Waals surface area contributed by atoms with Crippen molar-refractivity contribution in [2.45, 2.75) is 30.2 Å². The van der Waals surface area contributed by atoms with E-state index in [9.17, 15) is 9.59 Å². The topological polar surface area (TPSA) is 70.7 Å². The smallest absolute Gasteiger partial charge is 0.313 e. The SMILES string of the molecule is CSc1cccc(NC(=O)C(=O)NCC2CCN([C@H]3CCOC3)CC2)c1. The van der Waals surface area contributed by atoms with Gasteiger partial charge in [-0.2, -0.15) is 0 Å². The van der Waals surface area contributed by atoms with Crippen LogP contribution in [0.15, 0.2) is 29.2 Å². The van der Waals surface area contributed by atoms with Crippen molar-refractivity contribution < 1.29 is 14.3 Å². The van der Waals surface area contributed by atoms with Gasteiger partial charge in [-0.3, -0.25) is 14.5 Å². The number of nitrogens with one attached hydrogen (secondary N) is 2. The third kappa shape index (κ3) is 5.22. The first kappa shape index (κ1) is 19.2. The van der Waals surface area contributed by atoms with E-state index in [-0.39, 0.29) is 0 Å². The largest absolute Gasteiger partial charge is 0.380 e. The summed E-state index contributed by atoms with van der Waals surface area (Å²) in [4.78, 5) is 27.7. The summed E-state index contributed by atoms with van der Waals surface area (Å²) in [6.45, 7) is 4.37. The maximum atomic E-state index is 12.1. The first-order valence-corrected chi connectivity index (χ1v) is 10.4. The van der Waals surface area contributed by atoms with E-state index in [1.54, 1.807) is 17.8 Å². The molecule has 0 bridgehead atoms. The number of benzene rings is 1. The van der Waals surface area contributed by atoms with Crippen LogP contribution < -0.4 is 10.6 Å². The Hall–Kier alpha value is -1.57. The minimum Gasteiger partial charge on any atom is -0.380 e. The van der Waals surface area contributed by atoms with Gasteiger partial charge in [0, 0.05) is 29.8 Å². The van der Waals surface area contributed by atoms with Crippen LogP contribution in [0.1, 0.15) is 19.3 Å². The molecule has 26 heavy (non-hydrogen) atoms. The van der Waals surface area contributed by atoms with Crippen molar-refractivity contribution >= 4 is 29.3 Å². The normalized spacial score (nSPS) is 21.5. The quantitative estimate of drug-likeness (QED) is 0.606. The van der Waals surface area contributed by atoms with Crippen molar-refractivity contribution in [3.63, 3.8) is 0 Å². The van der Waals surface area contributed by atoms with Gasteiger partial charge in [0.05, 0.1) is 6.61 Å². The van der Waals surface area contributed by atoms with Gasteiger partial charge in [0.25, 0.3) is 0 Å². The van der Waals surface area contributed by atoms with Crippen molar-refractivity contribution in [3.8, 4) is 0 Å². The monoisotopic (exact) mass is 377 g/mol. The fourth-order valence-electron chi connectivity index (χ4n) is 3.54. The second-order valence-electron chi connectivity index (χ2n) is 6.89. The van der Waals surface area contributed by atoms with Crippen LogP contribution in [0.5, 0.6) is 0 Å². The van der Waals surface area contributed by atoms with Gasteiger partial charge < -0.3 is 15.4 Å². The number of thioether (sulfide) groups is 1. The first-order chi connectivity index (χ1) is 12.7. The number of rotatable bonds is 5. The first-order valence-electron chi connectivity index (χ1n) is 9.20. The summed E-state index contributed by atoms with van der Waals surface area (Å²) >= 11 is 1.59. The fourth-order valence-corrected chi connectivity index (χ4v) is 4.00. The lowest BCUT2D eigenvalue weighted by Crippen LogP contribution is -2.45. The summed E-state index contributed by atoms with van der Waals surface area (Å²) in [6, 6.07) is 8.03. The predicted molar refractivity (Wildman–Crippen MR) is 103 cm³/mol. The van der Waals surface area contributed by atoms with Crippen LogP contribution in [0.2, 0.25) is 0 Å².